The number of hydrogen-bond donors (Lipinski definition) is 3. The van der Waals surface area contributed by atoms with Gasteiger partial charge >= 0.3 is 0 Å². The van der Waals surface area contributed by atoms with Gasteiger partial charge in [-0.05, 0) is 47.4 Å². The lowest BCUT2D eigenvalue weighted by molar-refractivity contribution is 0.453. The van der Waals surface area contributed by atoms with Gasteiger partial charge in [-0.25, -0.2) is 5.10 Å². The molecule has 6 nitrogen and oxygen atoms in total. The Balaban J connectivity index is 2.17. The van der Waals surface area contributed by atoms with Crippen LogP contribution in [0.4, 0.5) is 0 Å². The molecule has 0 aliphatic carbocycles. The average molecular weight is 338 g/mol. The molecular weight excluding hydrogens is 316 g/mol. The van der Waals surface area contributed by atoms with E-state index in [4.69, 9.17) is 0 Å². The summed E-state index contributed by atoms with van der Waals surface area (Å²) in [6, 6.07) is 9.37. The number of aryl methyl sites for hydroxylation is 2. The monoisotopic (exact) mass is 338 g/mol. The summed E-state index contributed by atoms with van der Waals surface area (Å²) >= 11 is 0. The molecule has 0 aliphatic heterocycles. The molecule has 25 heavy (non-hydrogen) atoms. The van der Waals surface area contributed by atoms with Gasteiger partial charge in [-0.2, -0.15) is 0 Å². The van der Waals surface area contributed by atoms with Crippen molar-refractivity contribution in [2.24, 2.45) is 0 Å². The zero-order valence-electron chi connectivity index (χ0n) is 14.5. The second-order valence-electron chi connectivity index (χ2n) is 6.23. The van der Waals surface area contributed by atoms with Crippen LogP contribution in [0.3, 0.4) is 0 Å². The van der Waals surface area contributed by atoms with Crippen molar-refractivity contribution in [3.8, 4) is 34.0 Å². The van der Waals surface area contributed by atoms with Crippen molar-refractivity contribution in [3.63, 3.8) is 0 Å². The first-order valence-corrected chi connectivity index (χ1v) is 8.50. The van der Waals surface area contributed by atoms with Crippen molar-refractivity contribution < 1.29 is 10.2 Å². The van der Waals surface area contributed by atoms with E-state index < -0.39 is 0 Å². The first-order chi connectivity index (χ1) is 12.1. The number of aromatic hydroxyl groups is 2. The number of tetrazole rings is 1. The van der Waals surface area contributed by atoms with Crippen LogP contribution in [0.1, 0.15) is 37.3 Å². The first-order valence-electron chi connectivity index (χ1n) is 8.50. The second-order valence-corrected chi connectivity index (χ2v) is 6.23. The van der Waals surface area contributed by atoms with E-state index in [0.29, 0.717) is 17.0 Å². The van der Waals surface area contributed by atoms with Crippen molar-refractivity contribution >= 4 is 0 Å². The Morgan fingerprint density at radius 2 is 1.92 bits per heavy atom. The number of benzene rings is 2. The number of aromatic nitrogens is 4. The van der Waals surface area contributed by atoms with Crippen LogP contribution in [0.2, 0.25) is 0 Å². The zero-order chi connectivity index (χ0) is 17.8. The Labute approximate surface area is 146 Å². The van der Waals surface area contributed by atoms with Gasteiger partial charge in [0.1, 0.15) is 11.5 Å². The summed E-state index contributed by atoms with van der Waals surface area (Å²) in [5.74, 6) is 0.458. The predicted octanol–water partition coefficient (Wildman–Crippen LogP) is 3.99. The molecule has 0 amide bonds. The molecule has 1 aromatic heterocycles. The number of nitrogens with one attached hydrogen (secondary N) is 1. The second kappa shape index (κ2) is 7.34. The number of rotatable bonds is 6. The highest BCUT2D eigenvalue weighted by molar-refractivity contribution is 5.86. The van der Waals surface area contributed by atoms with E-state index in [1.165, 1.54) is 0 Å². The fourth-order valence-electron chi connectivity index (χ4n) is 3.08. The van der Waals surface area contributed by atoms with Crippen molar-refractivity contribution in [3.05, 3.63) is 41.5 Å². The van der Waals surface area contributed by atoms with Crippen LogP contribution in [-0.4, -0.2) is 30.8 Å². The topological polar surface area (TPSA) is 94.9 Å². The quantitative estimate of drug-likeness (QED) is 0.591. The number of phenolic OH excluding ortho intramolecular Hbond substituents is 2. The van der Waals surface area contributed by atoms with Gasteiger partial charge in [0.25, 0.3) is 0 Å². The van der Waals surface area contributed by atoms with Gasteiger partial charge in [-0.15, -0.1) is 5.10 Å². The summed E-state index contributed by atoms with van der Waals surface area (Å²) in [5.41, 5.74) is 3.58. The maximum atomic E-state index is 10.9. The number of nitrogens with zero attached hydrogens (tertiary/aromatic N) is 3. The minimum atomic E-state index is -0.00403. The summed E-state index contributed by atoms with van der Waals surface area (Å²) in [7, 11) is 0. The Kier molecular flexibility index (Phi) is 4.97. The summed E-state index contributed by atoms with van der Waals surface area (Å²) in [5, 5.41) is 35.4. The first kappa shape index (κ1) is 17.0. The highest BCUT2D eigenvalue weighted by Crippen LogP contribution is 2.45. The molecule has 3 N–H and O–H groups in total. The molecule has 2 aromatic carbocycles. The van der Waals surface area contributed by atoms with Gasteiger partial charge in [0, 0.05) is 0 Å². The third-order valence-corrected chi connectivity index (χ3v) is 4.30. The molecule has 0 fully saturated rings. The Morgan fingerprint density at radius 1 is 1.08 bits per heavy atom. The van der Waals surface area contributed by atoms with Crippen LogP contribution in [0.25, 0.3) is 22.5 Å². The third-order valence-electron chi connectivity index (χ3n) is 4.30. The minimum absolute atomic E-state index is 0.00403. The van der Waals surface area contributed by atoms with Gasteiger partial charge < -0.3 is 10.2 Å². The van der Waals surface area contributed by atoms with E-state index in [-0.39, 0.29) is 11.5 Å². The van der Waals surface area contributed by atoms with Crippen molar-refractivity contribution in [2.45, 2.75) is 39.5 Å². The van der Waals surface area contributed by atoms with Crippen molar-refractivity contribution in [2.75, 3.05) is 0 Å². The molecule has 0 atom stereocenters. The van der Waals surface area contributed by atoms with Gasteiger partial charge in [0.2, 0.25) is 0 Å². The third kappa shape index (κ3) is 3.47. The molecule has 6 heteroatoms. The Bertz CT molecular complexity index is 860. The highest BCUT2D eigenvalue weighted by Gasteiger charge is 2.22. The molecule has 1 heterocycles. The van der Waals surface area contributed by atoms with E-state index in [1.807, 2.05) is 31.2 Å². The van der Waals surface area contributed by atoms with Gasteiger partial charge in [-0.3, -0.25) is 0 Å². The fraction of sp³-hybridized carbons (Fsp3) is 0.316. The Morgan fingerprint density at radius 3 is 2.60 bits per heavy atom. The van der Waals surface area contributed by atoms with Crippen LogP contribution >= 0.6 is 0 Å². The maximum absolute atomic E-state index is 10.9. The summed E-state index contributed by atoms with van der Waals surface area (Å²) in [6.45, 7) is 4.11. The molecule has 130 valence electrons. The average Bonchev–Trinajstić information content (AvgIpc) is 3.09. The molecule has 3 rings (SSSR count). The van der Waals surface area contributed by atoms with Crippen LogP contribution in [0.5, 0.6) is 11.5 Å². The van der Waals surface area contributed by atoms with E-state index >= 15 is 0 Å². The van der Waals surface area contributed by atoms with E-state index in [1.54, 1.807) is 6.07 Å². The van der Waals surface area contributed by atoms with Crippen molar-refractivity contribution in [1.29, 1.82) is 0 Å². The van der Waals surface area contributed by atoms with Crippen LogP contribution in [0, 0.1) is 6.92 Å². The largest absolute Gasteiger partial charge is 0.507 e. The van der Waals surface area contributed by atoms with E-state index in [2.05, 4.69) is 27.5 Å². The van der Waals surface area contributed by atoms with Crippen molar-refractivity contribution in [1.82, 2.24) is 20.6 Å². The normalized spacial score (nSPS) is 11.0. The van der Waals surface area contributed by atoms with E-state index in [9.17, 15) is 10.2 Å². The molecular formula is C19H22N4O2. The predicted molar refractivity (Wildman–Crippen MR) is 96.3 cm³/mol. The molecule has 0 bridgehead atoms. The zero-order valence-corrected chi connectivity index (χ0v) is 14.5. The summed E-state index contributed by atoms with van der Waals surface area (Å²) < 4.78 is 0. The van der Waals surface area contributed by atoms with Gasteiger partial charge in [-0.1, -0.05) is 49.6 Å². The van der Waals surface area contributed by atoms with Crippen LogP contribution < -0.4 is 0 Å². The smallest absolute Gasteiger partial charge is 0.183 e. The summed E-state index contributed by atoms with van der Waals surface area (Å²) in [4.78, 5) is 0. The number of hydrogen-bond acceptors (Lipinski definition) is 5. The summed E-state index contributed by atoms with van der Waals surface area (Å²) in [6.07, 6.45) is 3.88. The molecule has 0 saturated carbocycles. The van der Waals surface area contributed by atoms with Crippen LogP contribution in [-0.2, 0) is 6.42 Å². The number of H-pyrrole nitrogens is 1. The standard InChI is InChI=1S/C19H22N4O2/c1-3-4-5-8-14-11-15(24)16(13-9-6-7-12(2)10-13)18(25)17(14)19-20-22-23-21-19/h6-7,9-11,24-25H,3-5,8H2,1-2H3,(H,20,21,22,23). The SMILES string of the molecule is CCCCCc1cc(O)c(-c2cccc(C)c2)c(O)c1-c1nnn[nH]1. The van der Waals surface area contributed by atoms with Gasteiger partial charge in [0.05, 0.1) is 11.1 Å². The lowest BCUT2D eigenvalue weighted by atomic mass is 9.92. The number of aromatic amines is 1. The molecule has 0 radical (unpaired) electrons. The van der Waals surface area contributed by atoms with Crippen LogP contribution in [0.15, 0.2) is 30.3 Å². The number of phenols is 2. The Hall–Kier alpha value is -2.89. The molecule has 0 unspecified atom stereocenters. The molecule has 0 spiro atoms. The minimum Gasteiger partial charge on any atom is -0.507 e. The lowest BCUT2D eigenvalue weighted by Gasteiger charge is -2.15. The lowest BCUT2D eigenvalue weighted by Crippen LogP contribution is -1.96. The van der Waals surface area contributed by atoms with E-state index in [0.717, 1.165) is 42.4 Å². The molecule has 3 aromatic rings. The highest BCUT2D eigenvalue weighted by atomic mass is 16.3. The molecule has 0 aliphatic rings. The van der Waals surface area contributed by atoms with Gasteiger partial charge in [0.15, 0.2) is 5.82 Å². The fourth-order valence-corrected chi connectivity index (χ4v) is 3.08. The molecule has 0 saturated heterocycles. The number of unbranched alkanes of at least 4 members (excludes halogenated alkanes) is 2. The maximum Gasteiger partial charge on any atom is 0.183 e.